The predicted molar refractivity (Wildman–Crippen MR) is 66.7 cm³/mol. The van der Waals surface area contributed by atoms with Gasteiger partial charge in [0.1, 0.15) is 5.82 Å². The molecular formula is C13H17FN2O2. The normalized spacial score (nSPS) is 19.5. The van der Waals surface area contributed by atoms with Gasteiger partial charge in [-0.15, -0.1) is 0 Å². The van der Waals surface area contributed by atoms with Gasteiger partial charge in [-0.3, -0.25) is 4.79 Å². The van der Waals surface area contributed by atoms with Gasteiger partial charge in [-0.25, -0.2) is 4.39 Å². The van der Waals surface area contributed by atoms with E-state index in [4.69, 9.17) is 10.5 Å². The Morgan fingerprint density at radius 3 is 3.00 bits per heavy atom. The number of carbonyl (C=O) groups excluding carboxylic acids is 1. The lowest BCUT2D eigenvalue weighted by Gasteiger charge is -2.22. The number of carbonyl (C=O) groups is 1. The van der Waals surface area contributed by atoms with Crippen LogP contribution in [0.1, 0.15) is 29.6 Å². The molecule has 1 amide bonds. The zero-order valence-electron chi connectivity index (χ0n) is 10.1. The van der Waals surface area contributed by atoms with Crippen molar-refractivity contribution in [2.45, 2.75) is 25.4 Å². The van der Waals surface area contributed by atoms with E-state index in [1.54, 1.807) is 0 Å². The van der Waals surface area contributed by atoms with Crippen molar-refractivity contribution in [2.24, 2.45) is 0 Å². The lowest BCUT2D eigenvalue weighted by Crippen LogP contribution is -2.35. The number of ether oxygens (including phenoxy) is 1. The highest BCUT2D eigenvalue weighted by Gasteiger charge is 2.15. The summed E-state index contributed by atoms with van der Waals surface area (Å²) in [6, 6.07) is 3.95. The number of nitrogens with one attached hydrogen (secondary N) is 1. The van der Waals surface area contributed by atoms with Crippen molar-refractivity contribution in [1.29, 1.82) is 0 Å². The van der Waals surface area contributed by atoms with E-state index in [9.17, 15) is 9.18 Å². The van der Waals surface area contributed by atoms with Gasteiger partial charge in [-0.05, 0) is 37.5 Å². The first kappa shape index (κ1) is 12.8. The molecule has 1 unspecified atom stereocenters. The predicted octanol–water partition coefficient (Wildman–Crippen LogP) is 1.71. The lowest BCUT2D eigenvalue weighted by atomic mass is 10.1. The fourth-order valence-corrected chi connectivity index (χ4v) is 1.96. The van der Waals surface area contributed by atoms with Crippen LogP contribution in [0, 0.1) is 5.82 Å². The first-order valence-electron chi connectivity index (χ1n) is 6.11. The molecule has 3 N–H and O–H groups in total. The molecule has 1 heterocycles. The Labute approximate surface area is 105 Å². The maximum absolute atomic E-state index is 13.0. The Balaban J connectivity index is 1.88. The van der Waals surface area contributed by atoms with Crippen LogP contribution in [0.15, 0.2) is 18.2 Å². The van der Waals surface area contributed by atoms with Crippen LogP contribution in [0.4, 0.5) is 10.1 Å². The fraction of sp³-hybridized carbons (Fsp3) is 0.462. The number of nitrogen functional groups attached to an aromatic ring is 1. The van der Waals surface area contributed by atoms with Crippen molar-refractivity contribution in [1.82, 2.24) is 5.32 Å². The Hall–Kier alpha value is -1.62. The summed E-state index contributed by atoms with van der Waals surface area (Å²) in [7, 11) is 0. The summed E-state index contributed by atoms with van der Waals surface area (Å²) in [5.41, 5.74) is 5.77. The molecule has 1 aromatic rings. The monoisotopic (exact) mass is 252 g/mol. The van der Waals surface area contributed by atoms with Gasteiger partial charge < -0.3 is 15.8 Å². The minimum absolute atomic E-state index is 0.0171. The number of benzene rings is 1. The van der Waals surface area contributed by atoms with Crippen LogP contribution in [0.5, 0.6) is 0 Å². The minimum Gasteiger partial charge on any atom is -0.396 e. The van der Waals surface area contributed by atoms with E-state index in [0.29, 0.717) is 12.1 Å². The quantitative estimate of drug-likeness (QED) is 0.805. The molecule has 5 heteroatoms. The SMILES string of the molecule is Nc1cc(C(=O)NCC2CCCCO2)ccc1F. The highest BCUT2D eigenvalue weighted by molar-refractivity contribution is 5.95. The van der Waals surface area contributed by atoms with Crippen molar-refractivity contribution in [2.75, 3.05) is 18.9 Å². The molecule has 0 spiro atoms. The molecule has 0 radical (unpaired) electrons. The van der Waals surface area contributed by atoms with Crippen LogP contribution in [0.25, 0.3) is 0 Å². The molecule has 1 fully saturated rings. The maximum Gasteiger partial charge on any atom is 0.251 e. The largest absolute Gasteiger partial charge is 0.396 e. The van der Waals surface area contributed by atoms with E-state index in [0.717, 1.165) is 25.9 Å². The number of rotatable bonds is 3. The first-order valence-corrected chi connectivity index (χ1v) is 6.11. The van der Waals surface area contributed by atoms with Crippen molar-refractivity contribution < 1.29 is 13.9 Å². The Bertz CT molecular complexity index is 431. The summed E-state index contributed by atoms with van der Waals surface area (Å²) in [4.78, 5) is 11.8. The highest BCUT2D eigenvalue weighted by Crippen LogP contribution is 2.13. The number of hydrogen-bond acceptors (Lipinski definition) is 3. The van der Waals surface area contributed by atoms with E-state index >= 15 is 0 Å². The highest BCUT2D eigenvalue weighted by atomic mass is 19.1. The van der Waals surface area contributed by atoms with Gasteiger partial charge in [0.15, 0.2) is 0 Å². The average Bonchev–Trinajstić information content (AvgIpc) is 2.40. The summed E-state index contributed by atoms with van der Waals surface area (Å²) in [5, 5.41) is 2.77. The smallest absolute Gasteiger partial charge is 0.251 e. The van der Waals surface area contributed by atoms with Crippen LogP contribution in [-0.2, 0) is 4.74 Å². The van der Waals surface area contributed by atoms with Crippen LogP contribution in [0.2, 0.25) is 0 Å². The maximum atomic E-state index is 13.0. The van der Waals surface area contributed by atoms with Gasteiger partial charge in [0, 0.05) is 18.7 Å². The molecule has 0 saturated carbocycles. The first-order chi connectivity index (χ1) is 8.66. The summed E-state index contributed by atoms with van der Waals surface area (Å²) in [6.45, 7) is 1.24. The van der Waals surface area contributed by atoms with Gasteiger partial charge in [0.2, 0.25) is 0 Å². The number of nitrogens with two attached hydrogens (primary N) is 1. The van der Waals surface area contributed by atoms with Crippen LogP contribution >= 0.6 is 0 Å². The molecule has 1 aliphatic rings. The van der Waals surface area contributed by atoms with E-state index < -0.39 is 5.82 Å². The second-order valence-corrected chi connectivity index (χ2v) is 4.43. The van der Waals surface area contributed by atoms with Crippen molar-refractivity contribution in [3.8, 4) is 0 Å². The van der Waals surface area contributed by atoms with Crippen molar-refractivity contribution in [3.63, 3.8) is 0 Å². The third-order valence-corrected chi connectivity index (χ3v) is 3.02. The van der Waals surface area contributed by atoms with Crippen LogP contribution in [-0.4, -0.2) is 25.2 Å². The number of amides is 1. The summed E-state index contributed by atoms with van der Waals surface area (Å²) >= 11 is 0. The second-order valence-electron chi connectivity index (χ2n) is 4.43. The second kappa shape index (κ2) is 5.82. The van der Waals surface area contributed by atoms with Gasteiger partial charge in [0.25, 0.3) is 5.91 Å². The molecule has 1 aromatic carbocycles. The van der Waals surface area contributed by atoms with E-state index in [-0.39, 0.29) is 17.7 Å². The third-order valence-electron chi connectivity index (χ3n) is 3.02. The topological polar surface area (TPSA) is 64.4 Å². The molecular weight excluding hydrogens is 235 g/mol. The van der Waals surface area contributed by atoms with Gasteiger partial charge in [0.05, 0.1) is 11.8 Å². The molecule has 1 saturated heterocycles. The van der Waals surface area contributed by atoms with Gasteiger partial charge >= 0.3 is 0 Å². The lowest BCUT2D eigenvalue weighted by molar-refractivity contribution is 0.0169. The summed E-state index contributed by atoms with van der Waals surface area (Å²) in [5.74, 6) is -0.766. The number of anilines is 1. The van der Waals surface area contributed by atoms with E-state index in [2.05, 4.69) is 5.32 Å². The van der Waals surface area contributed by atoms with Crippen LogP contribution < -0.4 is 11.1 Å². The Kier molecular flexibility index (Phi) is 4.15. The fourth-order valence-electron chi connectivity index (χ4n) is 1.96. The molecule has 0 aromatic heterocycles. The zero-order chi connectivity index (χ0) is 13.0. The Morgan fingerprint density at radius 1 is 1.50 bits per heavy atom. The molecule has 1 atom stereocenters. The Morgan fingerprint density at radius 2 is 2.33 bits per heavy atom. The van der Waals surface area contributed by atoms with Gasteiger partial charge in [-0.2, -0.15) is 0 Å². The summed E-state index contributed by atoms with van der Waals surface area (Å²) in [6.07, 6.45) is 3.26. The molecule has 0 aliphatic carbocycles. The standard InChI is InChI=1S/C13H17FN2O2/c14-11-5-4-9(7-12(11)15)13(17)16-8-10-3-1-2-6-18-10/h4-5,7,10H,1-3,6,8,15H2,(H,16,17). The third kappa shape index (κ3) is 3.20. The average molecular weight is 252 g/mol. The molecule has 0 bridgehead atoms. The molecule has 1 aliphatic heterocycles. The number of halogens is 1. The minimum atomic E-state index is -0.512. The molecule has 4 nitrogen and oxygen atoms in total. The van der Waals surface area contributed by atoms with Crippen molar-refractivity contribution >= 4 is 11.6 Å². The molecule has 18 heavy (non-hydrogen) atoms. The van der Waals surface area contributed by atoms with Gasteiger partial charge in [-0.1, -0.05) is 0 Å². The number of hydrogen-bond donors (Lipinski definition) is 2. The van der Waals surface area contributed by atoms with Crippen LogP contribution in [0.3, 0.4) is 0 Å². The zero-order valence-corrected chi connectivity index (χ0v) is 10.1. The van der Waals surface area contributed by atoms with E-state index in [1.807, 2.05) is 0 Å². The summed E-state index contributed by atoms with van der Waals surface area (Å²) < 4.78 is 18.5. The molecule has 2 rings (SSSR count). The molecule has 98 valence electrons. The van der Waals surface area contributed by atoms with E-state index in [1.165, 1.54) is 18.2 Å². The van der Waals surface area contributed by atoms with Crippen molar-refractivity contribution in [3.05, 3.63) is 29.6 Å².